The zero-order chi connectivity index (χ0) is 13.7. The van der Waals surface area contributed by atoms with E-state index in [4.69, 9.17) is 11.6 Å². The number of nitrogens with zero attached hydrogens (tertiary/aromatic N) is 2. The van der Waals surface area contributed by atoms with Gasteiger partial charge in [0, 0.05) is 23.5 Å². The lowest BCUT2D eigenvalue weighted by Crippen LogP contribution is -2.03. The first-order valence-corrected chi connectivity index (χ1v) is 6.28. The quantitative estimate of drug-likeness (QED) is 0.815. The van der Waals surface area contributed by atoms with Crippen molar-refractivity contribution < 1.29 is 0 Å². The Bertz CT molecular complexity index is 583. The Morgan fingerprint density at radius 3 is 2.95 bits per heavy atom. The van der Waals surface area contributed by atoms with Crippen molar-refractivity contribution in [2.75, 3.05) is 17.2 Å². The molecule has 98 valence electrons. The van der Waals surface area contributed by atoms with Crippen LogP contribution in [0.2, 0.25) is 5.02 Å². The number of rotatable bonds is 5. The Morgan fingerprint density at radius 1 is 1.37 bits per heavy atom. The number of hydrogen-bond donors (Lipinski definition) is 2. The van der Waals surface area contributed by atoms with Gasteiger partial charge < -0.3 is 10.6 Å². The van der Waals surface area contributed by atoms with Crippen LogP contribution >= 0.6 is 11.6 Å². The summed E-state index contributed by atoms with van der Waals surface area (Å²) in [5, 5.41) is 6.94. The van der Waals surface area contributed by atoms with E-state index in [0.717, 1.165) is 17.1 Å². The van der Waals surface area contributed by atoms with Crippen molar-refractivity contribution >= 4 is 29.1 Å². The third-order valence-corrected chi connectivity index (χ3v) is 2.92. The first-order valence-electron chi connectivity index (χ1n) is 5.90. The SMILES string of the molecule is C=CCNc1ccnc(Nc2ccc(C)c(Cl)c2)n1. The standard InChI is InChI=1S/C14H15ClN4/c1-3-7-16-13-6-8-17-14(19-13)18-11-5-4-10(2)12(15)9-11/h3-6,8-9H,1,7H2,2H3,(H2,16,17,18,19). The van der Waals surface area contributed by atoms with Gasteiger partial charge >= 0.3 is 0 Å². The molecule has 0 spiro atoms. The van der Waals surface area contributed by atoms with Crippen LogP contribution in [0.25, 0.3) is 0 Å². The zero-order valence-corrected chi connectivity index (χ0v) is 11.4. The Labute approximate surface area is 117 Å². The van der Waals surface area contributed by atoms with Gasteiger partial charge in [0.15, 0.2) is 0 Å². The van der Waals surface area contributed by atoms with E-state index in [1.807, 2.05) is 25.1 Å². The van der Waals surface area contributed by atoms with Crippen LogP contribution in [0.15, 0.2) is 43.1 Å². The first-order chi connectivity index (χ1) is 9.19. The molecule has 2 N–H and O–H groups in total. The highest BCUT2D eigenvalue weighted by Crippen LogP contribution is 2.22. The normalized spacial score (nSPS) is 10.0. The number of hydrogen-bond acceptors (Lipinski definition) is 4. The minimum atomic E-state index is 0.522. The molecule has 5 heteroatoms. The fraction of sp³-hybridized carbons (Fsp3) is 0.143. The fourth-order valence-electron chi connectivity index (χ4n) is 1.49. The van der Waals surface area contributed by atoms with Crippen LogP contribution in [0.4, 0.5) is 17.5 Å². The van der Waals surface area contributed by atoms with Gasteiger partial charge in [-0.05, 0) is 30.7 Å². The van der Waals surface area contributed by atoms with E-state index in [0.29, 0.717) is 17.5 Å². The van der Waals surface area contributed by atoms with Gasteiger partial charge in [-0.1, -0.05) is 23.7 Å². The third kappa shape index (κ3) is 3.69. The van der Waals surface area contributed by atoms with E-state index in [9.17, 15) is 0 Å². The molecular formula is C14H15ClN4. The summed E-state index contributed by atoms with van der Waals surface area (Å²) in [7, 11) is 0. The van der Waals surface area contributed by atoms with Crippen molar-refractivity contribution in [3.05, 3.63) is 53.7 Å². The average Bonchev–Trinajstić information content (AvgIpc) is 2.41. The molecule has 0 aliphatic heterocycles. The van der Waals surface area contributed by atoms with Gasteiger partial charge in [-0.2, -0.15) is 4.98 Å². The van der Waals surface area contributed by atoms with Crippen molar-refractivity contribution in [1.29, 1.82) is 0 Å². The van der Waals surface area contributed by atoms with Crippen LogP contribution in [0.3, 0.4) is 0 Å². The van der Waals surface area contributed by atoms with Gasteiger partial charge in [0.1, 0.15) is 5.82 Å². The molecule has 1 heterocycles. The minimum Gasteiger partial charge on any atom is -0.366 e. The molecule has 0 bridgehead atoms. The third-order valence-electron chi connectivity index (χ3n) is 2.51. The van der Waals surface area contributed by atoms with Crippen LogP contribution in [0.5, 0.6) is 0 Å². The molecule has 1 aromatic heterocycles. The molecule has 0 atom stereocenters. The Kier molecular flexibility index (Phi) is 4.36. The molecule has 0 aliphatic carbocycles. The summed E-state index contributed by atoms with van der Waals surface area (Å²) in [6.45, 7) is 6.27. The van der Waals surface area contributed by atoms with Gasteiger partial charge in [-0.15, -0.1) is 6.58 Å². The molecule has 2 aromatic rings. The smallest absolute Gasteiger partial charge is 0.229 e. The number of benzene rings is 1. The largest absolute Gasteiger partial charge is 0.366 e. The molecule has 4 nitrogen and oxygen atoms in total. The van der Waals surface area contributed by atoms with Crippen molar-refractivity contribution in [2.45, 2.75) is 6.92 Å². The topological polar surface area (TPSA) is 49.8 Å². The minimum absolute atomic E-state index is 0.522. The molecule has 0 unspecified atom stereocenters. The van der Waals surface area contributed by atoms with E-state index in [1.54, 1.807) is 18.3 Å². The van der Waals surface area contributed by atoms with Crippen molar-refractivity contribution in [1.82, 2.24) is 9.97 Å². The Balaban J connectivity index is 2.13. The molecule has 0 fully saturated rings. The van der Waals surface area contributed by atoms with E-state index in [-0.39, 0.29) is 0 Å². The lowest BCUT2D eigenvalue weighted by molar-refractivity contribution is 1.14. The molecule has 19 heavy (non-hydrogen) atoms. The van der Waals surface area contributed by atoms with E-state index < -0.39 is 0 Å². The number of nitrogens with one attached hydrogen (secondary N) is 2. The van der Waals surface area contributed by atoms with Crippen molar-refractivity contribution in [3.8, 4) is 0 Å². The monoisotopic (exact) mass is 274 g/mol. The Hall–Kier alpha value is -2.07. The van der Waals surface area contributed by atoms with Gasteiger partial charge in [0.05, 0.1) is 0 Å². The van der Waals surface area contributed by atoms with Crippen LogP contribution in [-0.2, 0) is 0 Å². The van der Waals surface area contributed by atoms with E-state index >= 15 is 0 Å². The zero-order valence-electron chi connectivity index (χ0n) is 10.7. The summed E-state index contributed by atoms with van der Waals surface area (Å²) in [4.78, 5) is 8.50. The summed E-state index contributed by atoms with van der Waals surface area (Å²) >= 11 is 6.08. The number of anilines is 3. The number of aryl methyl sites for hydroxylation is 1. The molecule has 0 aliphatic rings. The average molecular weight is 275 g/mol. The highest BCUT2D eigenvalue weighted by Gasteiger charge is 2.01. The van der Waals surface area contributed by atoms with Gasteiger partial charge in [0.2, 0.25) is 5.95 Å². The molecule has 1 aromatic carbocycles. The van der Waals surface area contributed by atoms with Crippen molar-refractivity contribution in [2.24, 2.45) is 0 Å². The van der Waals surface area contributed by atoms with Crippen LogP contribution < -0.4 is 10.6 Å². The summed E-state index contributed by atoms with van der Waals surface area (Å²) in [6, 6.07) is 7.54. The van der Waals surface area contributed by atoms with Crippen molar-refractivity contribution in [3.63, 3.8) is 0 Å². The molecule has 0 radical (unpaired) electrons. The highest BCUT2D eigenvalue weighted by molar-refractivity contribution is 6.31. The Morgan fingerprint density at radius 2 is 2.21 bits per heavy atom. The second-order valence-electron chi connectivity index (χ2n) is 4.02. The van der Waals surface area contributed by atoms with Gasteiger partial charge in [-0.25, -0.2) is 4.98 Å². The van der Waals surface area contributed by atoms with E-state index in [2.05, 4.69) is 27.2 Å². The second-order valence-corrected chi connectivity index (χ2v) is 4.43. The summed E-state index contributed by atoms with van der Waals surface area (Å²) in [5.74, 6) is 1.27. The molecule has 0 amide bonds. The van der Waals surface area contributed by atoms with Gasteiger partial charge in [0.25, 0.3) is 0 Å². The lowest BCUT2D eigenvalue weighted by Gasteiger charge is -2.08. The maximum atomic E-state index is 6.08. The van der Waals surface area contributed by atoms with E-state index in [1.165, 1.54) is 0 Å². The highest BCUT2D eigenvalue weighted by atomic mass is 35.5. The predicted octanol–water partition coefficient (Wildman–Crippen LogP) is 3.78. The summed E-state index contributed by atoms with van der Waals surface area (Å²) in [5.41, 5.74) is 1.89. The summed E-state index contributed by atoms with van der Waals surface area (Å²) in [6.07, 6.45) is 3.46. The molecule has 2 rings (SSSR count). The first kappa shape index (κ1) is 13.4. The molecule has 0 saturated carbocycles. The maximum Gasteiger partial charge on any atom is 0.229 e. The maximum absolute atomic E-state index is 6.08. The molecule has 0 saturated heterocycles. The van der Waals surface area contributed by atoms with Crippen LogP contribution in [0, 0.1) is 6.92 Å². The molecular weight excluding hydrogens is 260 g/mol. The fourth-order valence-corrected chi connectivity index (χ4v) is 1.67. The number of halogens is 1. The second kappa shape index (κ2) is 6.20. The predicted molar refractivity (Wildman–Crippen MR) is 80.2 cm³/mol. The number of aromatic nitrogens is 2. The lowest BCUT2D eigenvalue weighted by atomic mass is 10.2. The van der Waals surface area contributed by atoms with Crippen LogP contribution in [0.1, 0.15) is 5.56 Å². The van der Waals surface area contributed by atoms with Crippen LogP contribution in [-0.4, -0.2) is 16.5 Å². The summed E-state index contributed by atoms with van der Waals surface area (Å²) < 4.78 is 0. The van der Waals surface area contributed by atoms with Gasteiger partial charge in [-0.3, -0.25) is 0 Å².